The highest BCUT2D eigenvalue weighted by molar-refractivity contribution is 6.74. The third kappa shape index (κ3) is 3.03. The van der Waals surface area contributed by atoms with Crippen LogP contribution in [0.25, 0.3) is 0 Å². The van der Waals surface area contributed by atoms with Gasteiger partial charge in [-0.1, -0.05) is 39.8 Å². The average molecular weight is 329 g/mol. The molecule has 5 heteroatoms. The fourth-order valence-corrected chi connectivity index (χ4v) is 3.96. The molecule has 0 unspecified atom stereocenters. The summed E-state index contributed by atoms with van der Waals surface area (Å²) in [5, 5.41) is 9.97. The Morgan fingerprint density at radius 2 is 1.91 bits per heavy atom. The molecule has 3 atom stereocenters. The van der Waals surface area contributed by atoms with Crippen LogP contribution in [-0.2, 0) is 14.0 Å². The fraction of sp³-hybridized carbons (Fsp3) is 0.824. The summed E-state index contributed by atoms with van der Waals surface area (Å²) in [6.07, 6.45) is 4.23. The highest BCUT2D eigenvalue weighted by atomic mass is 28.4. The molecule has 22 heavy (non-hydrogen) atoms. The van der Waals surface area contributed by atoms with Crippen LogP contribution in [0.4, 0.5) is 0 Å². The van der Waals surface area contributed by atoms with Gasteiger partial charge in [0, 0.05) is 12.0 Å². The smallest absolute Gasteiger partial charge is 0.315 e. The van der Waals surface area contributed by atoms with Crippen molar-refractivity contribution in [3.8, 4) is 0 Å². The molecule has 0 aromatic carbocycles. The predicted molar refractivity (Wildman–Crippen MR) is 91.1 cm³/mol. The minimum absolute atomic E-state index is 0.0466. The maximum Gasteiger partial charge on any atom is 0.315 e. The van der Waals surface area contributed by atoms with Gasteiger partial charge in [-0.05, 0) is 31.5 Å². The standard InChI is InChI=1S/C17H32O4Si/c1-15(2,3)22(7,8)21-13-10-9-11-16(4,12-18)17(13,5)14(19)20-6/h9-10,13,18H,11-12H2,1-8H3/t13-,16+,17-/m0/s1. The molecule has 1 rings (SSSR count). The summed E-state index contributed by atoms with van der Waals surface area (Å²) >= 11 is 0. The molecule has 0 spiro atoms. The maximum atomic E-state index is 12.6. The average Bonchev–Trinajstić information content (AvgIpc) is 2.41. The Kier molecular flexibility index (Phi) is 5.37. The molecule has 0 saturated carbocycles. The van der Waals surface area contributed by atoms with Crippen LogP contribution in [0.3, 0.4) is 0 Å². The van der Waals surface area contributed by atoms with E-state index in [1.54, 1.807) is 0 Å². The fourth-order valence-electron chi connectivity index (χ4n) is 2.65. The Morgan fingerprint density at radius 1 is 1.36 bits per heavy atom. The molecule has 0 aromatic rings. The van der Waals surface area contributed by atoms with Crippen molar-refractivity contribution >= 4 is 14.3 Å². The number of rotatable bonds is 4. The van der Waals surface area contributed by atoms with Crippen LogP contribution < -0.4 is 0 Å². The molecular weight excluding hydrogens is 296 g/mol. The number of hydrogen-bond donors (Lipinski definition) is 1. The number of ether oxygens (including phenoxy) is 1. The molecule has 128 valence electrons. The number of aliphatic hydroxyl groups is 1. The van der Waals surface area contributed by atoms with E-state index in [2.05, 4.69) is 33.9 Å². The van der Waals surface area contributed by atoms with E-state index in [0.717, 1.165) is 0 Å². The zero-order valence-electron chi connectivity index (χ0n) is 15.3. The molecule has 0 saturated heterocycles. The quantitative estimate of drug-likeness (QED) is 0.487. The molecule has 0 fully saturated rings. The van der Waals surface area contributed by atoms with Crippen molar-refractivity contribution in [1.29, 1.82) is 0 Å². The van der Waals surface area contributed by atoms with E-state index in [4.69, 9.17) is 9.16 Å². The lowest BCUT2D eigenvalue weighted by Crippen LogP contribution is -2.59. The normalized spacial score (nSPS) is 32.9. The minimum atomic E-state index is -2.06. The first-order valence-electron chi connectivity index (χ1n) is 7.89. The highest BCUT2D eigenvalue weighted by Gasteiger charge is 2.58. The summed E-state index contributed by atoms with van der Waals surface area (Å²) in [4.78, 5) is 12.6. The van der Waals surface area contributed by atoms with Crippen LogP contribution in [0.2, 0.25) is 18.1 Å². The van der Waals surface area contributed by atoms with Gasteiger partial charge in [0.25, 0.3) is 0 Å². The number of esters is 1. The highest BCUT2D eigenvalue weighted by Crippen LogP contribution is 2.51. The molecule has 0 aliphatic heterocycles. The molecule has 4 nitrogen and oxygen atoms in total. The zero-order chi connectivity index (χ0) is 17.4. The summed E-state index contributed by atoms with van der Waals surface area (Å²) in [7, 11) is -0.660. The first kappa shape index (κ1) is 19.4. The predicted octanol–water partition coefficient (Wildman–Crippen LogP) is 3.51. The van der Waals surface area contributed by atoms with E-state index in [-0.39, 0.29) is 23.7 Å². The first-order valence-corrected chi connectivity index (χ1v) is 10.8. The van der Waals surface area contributed by atoms with Gasteiger partial charge in [-0.3, -0.25) is 4.79 Å². The molecule has 1 aliphatic carbocycles. The molecule has 0 bridgehead atoms. The van der Waals surface area contributed by atoms with Gasteiger partial charge in [-0.25, -0.2) is 0 Å². The molecule has 0 radical (unpaired) electrons. The van der Waals surface area contributed by atoms with Gasteiger partial charge in [-0.2, -0.15) is 0 Å². The van der Waals surface area contributed by atoms with Crippen LogP contribution in [0.15, 0.2) is 12.2 Å². The molecular formula is C17H32O4Si. The van der Waals surface area contributed by atoms with Gasteiger partial charge >= 0.3 is 5.97 Å². The second kappa shape index (κ2) is 6.10. The van der Waals surface area contributed by atoms with Crippen molar-refractivity contribution in [2.24, 2.45) is 10.8 Å². The maximum absolute atomic E-state index is 12.6. The van der Waals surface area contributed by atoms with E-state index >= 15 is 0 Å². The van der Waals surface area contributed by atoms with E-state index in [1.807, 2.05) is 26.0 Å². The van der Waals surface area contributed by atoms with Gasteiger partial charge in [0.05, 0.1) is 13.2 Å². The van der Waals surface area contributed by atoms with Crippen LogP contribution in [0, 0.1) is 10.8 Å². The van der Waals surface area contributed by atoms with E-state index in [1.165, 1.54) is 7.11 Å². The number of carbonyl (C=O) groups is 1. The van der Waals surface area contributed by atoms with Gasteiger partial charge in [-0.15, -0.1) is 0 Å². The van der Waals surface area contributed by atoms with Gasteiger partial charge in [0.15, 0.2) is 8.32 Å². The van der Waals surface area contributed by atoms with Crippen LogP contribution in [-0.4, -0.2) is 39.2 Å². The Labute approximate surface area is 136 Å². The summed E-state index contributed by atoms with van der Waals surface area (Å²) in [6.45, 7) is 14.6. The van der Waals surface area contributed by atoms with Crippen molar-refractivity contribution in [2.45, 2.75) is 65.3 Å². The largest absolute Gasteiger partial charge is 0.468 e. The minimum Gasteiger partial charge on any atom is -0.468 e. The third-order valence-corrected chi connectivity index (χ3v) is 10.3. The molecule has 0 aromatic heterocycles. The molecule has 0 amide bonds. The lowest BCUT2D eigenvalue weighted by molar-refractivity contribution is -0.172. The summed E-state index contributed by atoms with van der Waals surface area (Å²) < 4.78 is 11.6. The number of methoxy groups -OCH3 is 1. The number of carbonyl (C=O) groups excluding carboxylic acids is 1. The number of aliphatic hydroxyl groups excluding tert-OH is 1. The number of allylic oxidation sites excluding steroid dienone is 1. The van der Waals surface area contributed by atoms with Crippen molar-refractivity contribution < 1.29 is 19.1 Å². The van der Waals surface area contributed by atoms with Crippen LogP contribution in [0.1, 0.15) is 41.0 Å². The topological polar surface area (TPSA) is 55.8 Å². The second-order valence-corrected chi connectivity index (χ2v) is 13.1. The van der Waals surface area contributed by atoms with Crippen LogP contribution in [0.5, 0.6) is 0 Å². The van der Waals surface area contributed by atoms with Crippen molar-refractivity contribution in [3.63, 3.8) is 0 Å². The molecule has 1 aliphatic rings. The lowest BCUT2D eigenvalue weighted by atomic mass is 9.58. The SMILES string of the molecule is COC(=O)[C@]1(C)[C@@H](O[Si](C)(C)C(C)(C)C)C=CC[C@]1(C)CO. The number of hydrogen-bond acceptors (Lipinski definition) is 4. The second-order valence-electron chi connectivity index (χ2n) is 8.34. The monoisotopic (exact) mass is 328 g/mol. The lowest BCUT2D eigenvalue weighted by Gasteiger charge is -2.51. The van der Waals surface area contributed by atoms with Crippen molar-refractivity contribution in [1.82, 2.24) is 0 Å². The van der Waals surface area contributed by atoms with Gasteiger partial charge < -0.3 is 14.3 Å². The molecule has 1 N–H and O–H groups in total. The summed E-state index contributed by atoms with van der Waals surface area (Å²) in [5.74, 6) is -0.322. The van der Waals surface area contributed by atoms with Crippen LogP contribution >= 0.6 is 0 Å². The Morgan fingerprint density at radius 3 is 2.32 bits per heavy atom. The Hall–Kier alpha value is -0.653. The first-order chi connectivity index (χ1) is 9.85. The van der Waals surface area contributed by atoms with E-state index in [0.29, 0.717) is 6.42 Å². The Balaban J connectivity index is 3.30. The summed E-state index contributed by atoms with van der Waals surface area (Å²) in [5.41, 5.74) is -1.50. The summed E-state index contributed by atoms with van der Waals surface area (Å²) in [6, 6.07) is 0. The van der Waals surface area contributed by atoms with Crippen molar-refractivity contribution in [2.75, 3.05) is 13.7 Å². The van der Waals surface area contributed by atoms with E-state index < -0.39 is 19.1 Å². The van der Waals surface area contributed by atoms with E-state index in [9.17, 15) is 9.90 Å². The van der Waals surface area contributed by atoms with Gasteiger partial charge in [0.2, 0.25) is 0 Å². The molecule has 0 heterocycles. The van der Waals surface area contributed by atoms with Crippen molar-refractivity contribution in [3.05, 3.63) is 12.2 Å². The zero-order valence-corrected chi connectivity index (χ0v) is 16.3. The van der Waals surface area contributed by atoms with Gasteiger partial charge in [0.1, 0.15) is 5.41 Å². The Bertz CT molecular complexity index is 452. The third-order valence-electron chi connectivity index (χ3n) is 5.89.